The Morgan fingerprint density at radius 2 is 2.00 bits per heavy atom. The van der Waals surface area contributed by atoms with E-state index in [2.05, 4.69) is 20.8 Å². The number of aromatic nitrogens is 2. The summed E-state index contributed by atoms with van der Waals surface area (Å²) in [7, 11) is 0. The molecule has 0 fully saturated rings. The van der Waals surface area contributed by atoms with Crippen LogP contribution in [-0.2, 0) is 11.3 Å². The van der Waals surface area contributed by atoms with Crippen LogP contribution in [0.15, 0.2) is 76.6 Å². The molecule has 3 aromatic heterocycles. The van der Waals surface area contributed by atoms with Gasteiger partial charge in [0.1, 0.15) is 22.9 Å². The summed E-state index contributed by atoms with van der Waals surface area (Å²) in [4.78, 5) is 28.7. The number of amides is 2. The standard InChI is InChI=1S/C23H21N5O4/c1-16-22(28-11-3-2-6-20(28)26-16)23(30)27-25-13-17-7-9-18(10-8-17)32-15-21(29)24-14-19-5-4-12-31-19/h2-13H,14-15H2,1H3,(H,24,29)(H,27,30)/b25-13-. The Morgan fingerprint density at radius 1 is 1.16 bits per heavy atom. The highest BCUT2D eigenvalue weighted by molar-refractivity contribution is 5.95. The van der Waals surface area contributed by atoms with Gasteiger partial charge >= 0.3 is 0 Å². The molecule has 0 aliphatic rings. The van der Waals surface area contributed by atoms with Gasteiger partial charge in [0.05, 0.1) is 24.7 Å². The van der Waals surface area contributed by atoms with Gasteiger partial charge in [0.15, 0.2) is 6.61 Å². The van der Waals surface area contributed by atoms with Gasteiger partial charge < -0.3 is 14.5 Å². The van der Waals surface area contributed by atoms with Crippen LogP contribution in [0.3, 0.4) is 0 Å². The van der Waals surface area contributed by atoms with Crippen molar-refractivity contribution in [2.45, 2.75) is 13.5 Å². The second kappa shape index (κ2) is 9.61. The van der Waals surface area contributed by atoms with Crippen LogP contribution < -0.4 is 15.5 Å². The van der Waals surface area contributed by atoms with Crippen molar-refractivity contribution < 1.29 is 18.7 Å². The van der Waals surface area contributed by atoms with E-state index in [1.165, 1.54) is 6.21 Å². The van der Waals surface area contributed by atoms with Crippen LogP contribution in [0.5, 0.6) is 5.75 Å². The third-order valence-corrected chi connectivity index (χ3v) is 4.59. The summed E-state index contributed by atoms with van der Waals surface area (Å²) < 4.78 is 12.3. The van der Waals surface area contributed by atoms with Crippen LogP contribution in [0.25, 0.3) is 5.65 Å². The fourth-order valence-corrected chi connectivity index (χ4v) is 3.05. The highest BCUT2D eigenvalue weighted by Gasteiger charge is 2.15. The Kier molecular flexibility index (Phi) is 6.26. The van der Waals surface area contributed by atoms with Gasteiger partial charge in [-0.15, -0.1) is 0 Å². The Hall–Kier alpha value is -4.40. The summed E-state index contributed by atoms with van der Waals surface area (Å²) in [5.74, 6) is 0.613. The molecule has 9 nitrogen and oxygen atoms in total. The average molecular weight is 431 g/mol. The van der Waals surface area contributed by atoms with Gasteiger partial charge in [-0.1, -0.05) is 6.07 Å². The lowest BCUT2D eigenvalue weighted by Gasteiger charge is -2.07. The second-order valence-corrected chi connectivity index (χ2v) is 6.89. The summed E-state index contributed by atoms with van der Waals surface area (Å²) in [6, 6.07) is 16.0. The first-order chi connectivity index (χ1) is 15.6. The Bertz CT molecular complexity index is 1240. The molecule has 0 saturated heterocycles. The zero-order valence-electron chi connectivity index (χ0n) is 17.3. The second-order valence-electron chi connectivity index (χ2n) is 6.89. The maximum absolute atomic E-state index is 12.5. The van der Waals surface area contributed by atoms with Gasteiger partial charge in [0, 0.05) is 6.20 Å². The monoisotopic (exact) mass is 431 g/mol. The maximum Gasteiger partial charge on any atom is 0.290 e. The van der Waals surface area contributed by atoms with E-state index in [4.69, 9.17) is 9.15 Å². The number of fused-ring (bicyclic) bond motifs is 1. The van der Waals surface area contributed by atoms with Gasteiger partial charge in [-0.25, -0.2) is 10.4 Å². The van der Waals surface area contributed by atoms with Crippen LogP contribution in [0.1, 0.15) is 27.5 Å². The van der Waals surface area contributed by atoms with E-state index in [-0.39, 0.29) is 18.4 Å². The highest BCUT2D eigenvalue weighted by Crippen LogP contribution is 2.12. The van der Waals surface area contributed by atoms with Crippen molar-refractivity contribution in [3.63, 3.8) is 0 Å². The quantitative estimate of drug-likeness (QED) is 0.329. The number of ether oxygens (including phenoxy) is 1. The van der Waals surface area contributed by atoms with Crippen molar-refractivity contribution in [2.24, 2.45) is 5.10 Å². The summed E-state index contributed by atoms with van der Waals surface area (Å²) in [5, 5.41) is 6.73. The van der Waals surface area contributed by atoms with Gasteiger partial charge in [0.2, 0.25) is 0 Å². The van der Waals surface area contributed by atoms with Crippen molar-refractivity contribution >= 4 is 23.7 Å². The molecule has 0 bridgehead atoms. The van der Waals surface area contributed by atoms with Crippen molar-refractivity contribution in [2.75, 3.05) is 6.61 Å². The smallest absolute Gasteiger partial charge is 0.290 e. The Labute approximate surface area is 183 Å². The number of aryl methyl sites for hydroxylation is 1. The predicted molar refractivity (Wildman–Crippen MR) is 117 cm³/mol. The minimum absolute atomic E-state index is 0.108. The fourth-order valence-electron chi connectivity index (χ4n) is 3.05. The summed E-state index contributed by atoms with van der Waals surface area (Å²) >= 11 is 0. The van der Waals surface area contributed by atoms with Crippen LogP contribution in [0, 0.1) is 6.92 Å². The van der Waals surface area contributed by atoms with Gasteiger partial charge in [0.25, 0.3) is 11.8 Å². The topological polar surface area (TPSA) is 110 Å². The van der Waals surface area contributed by atoms with Crippen molar-refractivity contribution in [3.8, 4) is 5.75 Å². The van der Waals surface area contributed by atoms with Gasteiger partial charge in [-0.05, 0) is 61.0 Å². The van der Waals surface area contributed by atoms with Crippen LogP contribution >= 0.6 is 0 Å². The molecule has 0 aliphatic carbocycles. The first-order valence-electron chi connectivity index (χ1n) is 9.89. The minimum atomic E-state index is -0.349. The molecule has 2 N–H and O–H groups in total. The van der Waals surface area contributed by atoms with E-state index >= 15 is 0 Å². The lowest BCUT2D eigenvalue weighted by atomic mass is 10.2. The van der Waals surface area contributed by atoms with Crippen LogP contribution in [0.4, 0.5) is 0 Å². The van der Waals surface area contributed by atoms with E-state index in [0.717, 1.165) is 5.56 Å². The molecule has 1 aromatic carbocycles. The Balaban J connectivity index is 1.27. The number of rotatable bonds is 8. The van der Waals surface area contributed by atoms with E-state index in [0.29, 0.717) is 35.1 Å². The molecule has 0 unspecified atom stereocenters. The number of hydrogen-bond acceptors (Lipinski definition) is 6. The molecule has 0 saturated carbocycles. The third kappa shape index (κ3) is 5.01. The zero-order valence-corrected chi connectivity index (χ0v) is 17.3. The lowest BCUT2D eigenvalue weighted by Crippen LogP contribution is -2.28. The fraction of sp³-hybridized carbons (Fsp3) is 0.130. The number of hydrogen-bond donors (Lipinski definition) is 2. The molecule has 0 aliphatic heterocycles. The van der Waals surface area contributed by atoms with Crippen LogP contribution in [0.2, 0.25) is 0 Å². The largest absolute Gasteiger partial charge is 0.484 e. The molecule has 3 heterocycles. The number of carbonyl (C=O) groups is 2. The molecular weight excluding hydrogens is 410 g/mol. The molecule has 0 spiro atoms. The lowest BCUT2D eigenvalue weighted by molar-refractivity contribution is -0.123. The van der Waals surface area contributed by atoms with E-state index in [1.807, 2.05) is 18.2 Å². The first-order valence-corrected chi connectivity index (χ1v) is 9.89. The highest BCUT2D eigenvalue weighted by atomic mass is 16.5. The molecule has 9 heteroatoms. The number of carbonyl (C=O) groups excluding carboxylic acids is 2. The molecule has 4 aromatic rings. The third-order valence-electron chi connectivity index (χ3n) is 4.59. The van der Waals surface area contributed by atoms with E-state index < -0.39 is 0 Å². The van der Waals surface area contributed by atoms with Crippen molar-refractivity contribution in [1.82, 2.24) is 20.1 Å². The first kappa shape index (κ1) is 20.9. The Morgan fingerprint density at radius 3 is 2.78 bits per heavy atom. The van der Waals surface area contributed by atoms with E-state index in [9.17, 15) is 9.59 Å². The van der Waals surface area contributed by atoms with Gasteiger partial charge in [-0.3, -0.25) is 14.0 Å². The molecule has 162 valence electrons. The number of pyridine rings is 1. The molecule has 2 amide bonds. The SMILES string of the molecule is Cc1nc2ccccn2c1C(=O)N/N=C\c1ccc(OCC(=O)NCc2ccco2)cc1. The number of furan rings is 1. The summed E-state index contributed by atoms with van der Waals surface area (Å²) in [5.41, 5.74) is 5.04. The zero-order chi connectivity index (χ0) is 22.3. The maximum atomic E-state index is 12.5. The molecule has 32 heavy (non-hydrogen) atoms. The predicted octanol–water partition coefficient (Wildman–Crippen LogP) is 2.69. The summed E-state index contributed by atoms with van der Waals surface area (Å²) in [6.45, 7) is 1.98. The van der Waals surface area contributed by atoms with E-state index in [1.54, 1.807) is 60.2 Å². The number of benzene rings is 1. The minimum Gasteiger partial charge on any atom is -0.484 e. The molecular formula is C23H21N5O4. The van der Waals surface area contributed by atoms with Crippen molar-refractivity contribution in [3.05, 3.63) is 89.8 Å². The van der Waals surface area contributed by atoms with Gasteiger partial charge in [-0.2, -0.15) is 5.10 Å². The average Bonchev–Trinajstić information content (AvgIpc) is 3.44. The number of nitrogens with zero attached hydrogens (tertiary/aromatic N) is 3. The molecule has 4 rings (SSSR count). The number of nitrogens with one attached hydrogen (secondary N) is 2. The molecule has 0 radical (unpaired) electrons. The molecule has 0 atom stereocenters. The van der Waals surface area contributed by atoms with Crippen LogP contribution in [-0.4, -0.2) is 34.0 Å². The van der Waals surface area contributed by atoms with Crippen molar-refractivity contribution in [1.29, 1.82) is 0 Å². The number of imidazole rings is 1. The summed E-state index contributed by atoms with van der Waals surface area (Å²) in [6.07, 6.45) is 4.86. The number of hydrazone groups is 1. The normalized spacial score (nSPS) is 11.0.